The Hall–Kier alpha value is -0.950. The van der Waals surface area contributed by atoms with E-state index in [4.69, 9.17) is 11.6 Å². The summed E-state index contributed by atoms with van der Waals surface area (Å²) in [6, 6.07) is 3.99. The number of anilines is 1. The molecule has 1 heterocycles. The van der Waals surface area contributed by atoms with E-state index in [2.05, 4.69) is 4.98 Å². The lowest BCUT2D eigenvalue weighted by Gasteiger charge is -2.05. The second kappa shape index (κ2) is 4.05. The first-order valence-electron chi connectivity index (χ1n) is 3.34. The molecule has 0 aliphatic heterocycles. The lowest BCUT2D eigenvalue weighted by Crippen LogP contribution is -2.21. The molecule has 1 N–H and O–H groups in total. The number of pyridine rings is 1. The van der Waals surface area contributed by atoms with Crippen molar-refractivity contribution in [3.05, 3.63) is 23.4 Å². The van der Waals surface area contributed by atoms with E-state index >= 15 is 0 Å². The van der Waals surface area contributed by atoms with Gasteiger partial charge in [0.2, 0.25) is 0 Å². The van der Waals surface area contributed by atoms with E-state index in [0.29, 0.717) is 0 Å². The quantitative estimate of drug-likeness (QED) is 0.821. The van der Waals surface area contributed by atoms with E-state index in [-0.39, 0.29) is 11.0 Å². The fourth-order valence-electron chi connectivity index (χ4n) is 0.655. The van der Waals surface area contributed by atoms with Crippen molar-refractivity contribution in [1.82, 2.24) is 4.98 Å². The van der Waals surface area contributed by atoms with E-state index < -0.39 is 15.8 Å². The molecule has 0 saturated heterocycles. The number of nitrogens with zero attached hydrogens (tertiary/aromatic N) is 1. The van der Waals surface area contributed by atoms with Crippen LogP contribution in [0.1, 0.15) is 0 Å². The molecule has 0 saturated carbocycles. The van der Waals surface area contributed by atoms with Gasteiger partial charge in [-0.1, -0.05) is 17.7 Å². The van der Waals surface area contributed by atoms with Gasteiger partial charge in [-0.3, -0.25) is 4.72 Å². The maximum Gasteiger partial charge on any atom is 0.355 e. The Morgan fingerprint density at radius 3 is 2.57 bits per heavy atom. The van der Waals surface area contributed by atoms with Gasteiger partial charge in [0, 0.05) is 0 Å². The molecule has 1 aromatic heterocycles. The molecule has 0 radical (unpaired) electrons. The van der Waals surface area contributed by atoms with E-state index in [0.717, 1.165) is 0 Å². The van der Waals surface area contributed by atoms with Crippen molar-refractivity contribution in [2.24, 2.45) is 0 Å². The number of aromatic nitrogens is 1. The van der Waals surface area contributed by atoms with Crippen LogP contribution in [0.15, 0.2) is 18.2 Å². The van der Waals surface area contributed by atoms with Crippen LogP contribution in [0.3, 0.4) is 0 Å². The summed E-state index contributed by atoms with van der Waals surface area (Å²) in [7, 11) is -4.67. The SMILES string of the molecule is O=S(=O)(Nc1cccc(Cl)n1)C(F)F. The van der Waals surface area contributed by atoms with Crippen LogP contribution in [0.5, 0.6) is 0 Å². The molecular formula is C6H5ClF2N2O2S. The van der Waals surface area contributed by atoms with Gasteiger partial charge < -0.3 is 0 Å². The molecule has 0 aliphatic carbocycles. The minimum absolute atomic E-state index is 0.0134. The fourth-order valence-corrected chi connectivity index (χ4v) is 1.31. The molecule has 14 heavy (non-hydrogen) atoms. The summed E-state index contributed by atoms with van der Waals surface area (Å²) in [4.78, 5) is 3.48. The third-order valence-electron chi connectivity index (χ3n) is 1.20. The minimum Gasteiger partial charge on any atom is -0.262 e. The summed E-state index contributed by atoms with van der Waals surface area (Å²) in [5.74, 6) is -3.74. The average molecular weight is 243 g/mol. The fraction of sp³-hybridized carbons (Fsp3) is 0.167. The summed E-state index contributed by atoms with van der Waals surface area (Å²) in [6.07, 6.45) is 0. The number of hydrogen-bond donors (Lipinski definition) is 1. The lowest BCUT2D eigenvalue weighted by atomic mass is 10.5. The zero-order valence-electron chi connectivity index (χ0n) is 6.62. The Morgan fingerprint density at radius 1 is 1.43 bits per heavy atom. The highest BCUT2D eigenvalue weighted by Gasteiger charge is 2.24. The minimum atomic E-state index is -4.67. The van der Waals surface area contributed by atoms with Gasteiger partial charge in [-0.05, 0) is 12.1 Å². The van der Waals surface area contributed by atoms with Gasteiger partial charge in [-0.25, -0.2) is 13.4 Å². The standard InChI is InChI=1S/C6H5ClF2N2O2S/c7-4-2-1-3-5(10-4)11-14(12,13)6(8)9/h1-3,6H,(H,10,11). The van der Waals surface area contributed by atoms with Gasteiger partial charge in [0.05, 0.1) is 0 Å². The molecule has 78 valence electrons. The van der Waals surface area contributed by atoms with Gasteiger partial charge in [0.25, 0.3) is 10.0 Å². The molecule has 1 rings (SSSR count). The first-order valence-corrected chi connectivity index (χ1v) is 5.26. The third-order valence-corrected chi connectivity index (χ3v) is 2.37. The first kappa shape index (κ1) is 11.1. The molecule has 0 aliphatic rings. The van der Waals surface area contributed by atoms with Crippen molar-refractivity contribution in [3.8, 4) is 0 Å². The Morgan fingerprint density at radius 2 is 2.07 bits per heavy atom. The van der Waals surface area contributed by atoms with E-state index in [1.165, 1.54) is 18.2 Å². The van der Waals surface area contributed by atoms with Crippen molar-refractivity contribution >= 4 is 27.4 Å². The van der Waals surface area contributed by atoms with Gasteiger partial charge >= 0.3 is 5.76 Å². The zero-order valence-corrected chi connectivity index (χ0v) is 8.19. The molecule has 0 amide bonds. The van der Waals surface area contributed by atoms with Crippen LogP contribution < -0.4 is 4.72 Å². The molecule has 0 bridgehead atoms. The molecule has 4 nitrogen and oxygen atoms in total. The zero-order chi connectivity index (χ0) is 10.8. The van der Waals surface area contributed by atoms with Gasteiger partial charge in [-0.15, -0.1) is 0 Å². The van der Waals surface area contributed by atoms with E-state index in [1.54, 1.807) is 4.72 Å². The number of halogens is 3. The molecular weight excluding hydrogens is 238 g/mol. The highest BCUT2D eigenvalue weighted by Crippen LogP contribution is 2.13. The highest BCUT2D eigenvalue weighted by atomic mass is 35.5. The van der Waals surface area contributed by atoms with Crippen LogP contribution in [-0.4, -0.2) is 19.2 Å². The summed E-state index contributed by atoms with van der Waals surface area (Å²) in [5, 5.41) is 0.0134. The van der Waals surface area contributed by atoms with Crippen molar-refractivity contribution in [2.45, 2.75) is 5.76 Å². The Kier molecular flexibility index (Phi) is 3.22. The maximum atomic E-state index is 11.9. The largest absolute Gasteiger partial charge is 0.355 e. The van der Waals surface area contributed by atoms with Gasteiger partial charge in [-0.2, -0.15) is 8.78 Å². The van der Waals surface area contributed by atoms with Crippen LogP contribution in [0.2, 0.25) is 5.15 Å². The summed E-state index contributed by atoms with van der Waals surface area (Å²) in [5.41, 5.74) is 0. The Balaban J connectivity index is 2.90. The predicted octanol–water partition coefficient (Wildman–Crippen LogP) is 1.70. The summed E-state index contributed by atoms with van der Waals surface area (Å²) in [6.45, 7) is 0. The third kappa shape index (κ3) is 2.78. The number of nitrogens with one attached hydrogen (secondary N) is 1. The monoisotopic (exact) mass is 242 g/mol. The molecule has 0 atom stereocenters. The van der Waals surface area contributed by atoms with Crippen molar-refractivity contribution in [3.63, 3.8) is 0 Å². The average Bonchev–Trinajstić information content (AvgIpc) is 2.02. The maximum absolute atomic E-state index is 11.9. The number of rotatable bonds is 3. The second-order valence-corrected chi connectivity index (χ2v) is 4.29. The van der Waals surface area contributed by atoms with Gasteiger partial charge in [0.15, 0.2) is 0 Å². The number of sulfonamides is 1. The topological polar surface area (TPSA) is 59.1 Å². The summed E-state index contributed by atoms with van der Waals surface area (Å²) >= 11 is 5.42. The highest BCUT2D eigenvalue weighted by molar-refractivity contribution is 7.92. The molecule has 1 aromatic rings. The number of alkyl halides is 2. The number of hydrogen-bond acceptors (Lipinski definition) is 3. The van der Waals surface area contributed by atoms with Gasteiger partial charge in [0.1, 0.15) is 11.0 Å². The van der Waals surface area contributed by atoms with E-state index in [9.17, 15) is 17.2 Å². The van der Waals surface area contributed by atoms with Crippen LogP contribution in [-0.2, 0) is 10.0 Å². The van der Waals surface area contributed by atoms with Crippen LogP contribution in [0.25, 0.3) is 0 Å². The van der Waals surface area contributed by atoms with E-state index in [1.807, 2.05) is 0 Å². The Labute approximate surface area is 84.0 Å². The van der Waals surface area contributed by atoms with Crippen LogP contribution >= 0.6 is 11.6 Å². The molecule has 0 unspecified atom stereocenters. The van der Waals surface area contributed by atoms with Crippen LogP contribution in [0.4, 0.5) is 14.6 Å². The lowest BCUT2D eigenvalue weighted by molar-refractivity contribution is 0.236. The van der Waals surface area contributed by atoms with Crippen molar-refractivity contribution in [1.29, 1.82) is 0 Å². The normalized spacial score (nSPS) is 11.7. The Bertz CT molecular complexity index is 424. The molecule has 8 heteroatoms. The molecule has 0 aromatic carbocycles. The molecule has 0 fully saturated rings. The molecule has 0 spiro atoms. The second-order valence-electron chi connectivity index (χ2n) is 2.25. The predicted molar refractivity (Wildman–Crippen MR) is 47.8 cm³/mol. The van der Waals surface area contributed by atoms with Crippen LogP contribution in [0, 0.1) is 0 Å². The smallest absolute Gasteiger partial charge is 0.262 e. The van der Waals surface area contributed by atoms with Crippen molar-refractivity contribution in [2.75, 3.05) is 4.72 Å². The van der Waals surface area contributed by atoms with Crippen molar-refractivity contribution < 1.29 is 17.2 Å². The summed E-state index contributed by atoms with van der Waals surface area (Å²) < 4.78 is 46.7. The first-order chi connectivity index (χ1) is 6.42.